The Morgan fingerprint density at radius 3 is 2.48 bits per heavy atom. The molecule has 126 valence electrons. The molecule has 1 rings (SSSR count). The molecule has 1 N–H and O–H groups in total. The molecule has 0 heterocycles. The van der Waals surface area contributed by atoms with E-state index in [0.29, 0.717) is 6.61 Å². The number of nitrogens with zero attached hydrogens (tertiary/aromatic N) is 1. The molecule has 1 aromatic carbocycles. The van der Waals surface area contributed by atoms with E-state index in [1.807, 2.05) is 31.2 Å². The lowest BCUT2D eigenvalue weighted by Crippen LogP contribution is -2.34. The van der Waals surface area contributed by atoms with Gasteiger partial charge in [0, 0.05) is 19.2 Å². The standard InChI is InChI=1S/C17H23NO5/c1-3-23-15-7-4-14(5-8-15)6-9-16(20)18(12-13-19)11-10-17(21)22-2/h4-9,19H,3,10-13H2,1-2H3/b9-6+. The lowest BCUT2D eigenvalue weighted by atomic mass is 10.2. The summed E-state index contributed by atoms with van der Waals surface area (Å²) in [5.74, 6) is 0.115. The molecule has 0 bridgehead atoms. The number of hydrogen-bond acceptors (Lipinski definition) is 5. The molecule has 0 unspecified atom stereocenters. The van der Waals surface area contributed by atoms with Gasteiger partial charge >= 0.3 is 5.97 Å². The van der Waals surface area contributed by atoms with Gasteiger partial charge in [0.1, 0.15) is 5.75 Å². The molecular formula is C17H23NO5. The van der Waals surface area contributed by atoms with Gasteiger partial charge in [-0.3, -0.25) is 9.59 Å². The van der Waals surface area contributed by atoms with Gasteiger partial charge in [0.2, 0.25) is 5.91 Å². The van der Waals surface area contributed by atoms with Crippen LogP contribution in [0.1, 0.15) is 18.9 Å². The molecule has 1 amide bonds. The third kappa shape index (κ3) is 6.97. The summed E-state index contributed by atoms with van der Waals surface area (Å²) in [6.07, 6.45) is 3.20. The summed E-state index contributed by atoms with van der Waals surface area (Å²) in [6, 6.07) is 7.35. The fraction of sp³-hybridized carbons (Fsp3) is 0.412. The number of esters is 1. The van der Waals surface area contributed by atoms with Crippen molar-refractivity contribution in [2.24, 2.45) is 0 Å². The molecule has 0 aliphatic carbocycles. The zero-order chi connectivity index (χ0) is 17.1. The number of aliphatic hydroxyl groups is 1. The van der Waals surface area contributed by atoms with Crippen molar-refractivity contribution in [2.45, 2.75) is 13.3 Å². The van der Waals surface area contributed by atoms with E-state index >= 15 is 0 Å². The van der Waals surface area contributed by atoms with Gasteiger partial charge in [0.25, 0.3) is 0 Å². The normalized spacial score (nSPS) is 10.6. The number of amides is 1. The summed E-state index contributed by atoms with van der Waals surface area (Å²) in [5.41, 5.74) is 0.860. The third-order valence-corrected chi connectivity index (χ3v) is 3.10. The first-order valence-electron chi connectivity index (χ1n) is 7.48. The maximum Gasteiger partial charge on any atom is 0.307 e. The maximum atomic E-state index is 12.1. The molecule has 6 heteroatoms. The van der Waals surface area contributed by atoms with E-state index in [1.165, 1.54) is 18.1 Å². The lowest BCUT2D eigenvalue weighted by molar-refractivity contribution is -0.141. The Morgan fingerprint density at radius 2 is 1.91 bits per heavy atom. The highest BCUT2D eigenvalue weighted by atomic mass is 16.5. The van der Waals surface area contributed by atoms with Crippen molar-refractivity contribution in [1.29, 1.82) is 0 Å². The zero-order valence-corrected chi connectivity index (χ0v) is 13.5. The van der Waals surface area contributed by atoms with Crippen LogP contribution in [-0.2, 0) is 14.3 Å². The minimum atomic E-state index is -0.392. The van der Waals surface area contributed by atoms with Crippen LogP contribution in [-0.4, -0.2) is 55.3 Å². The minimum Gasteiger partial charge on any atom is -0.494 e. The molecule has 0 atom stereocenters. The molecule has 23 heavy (non-hydrogen) atoms. The largest absolute Gasteiger partial charge is 0.494 e. The first-order valence-corrected chi connectivity index (χ1v) is 7.48. The average Bonchev–Trinajstić information content (AvgIpc) is 2.57. The van der Waals surface area contributed by atoms with E-state index in [9.17, 15) is 9.59 Å². The number of methoxy groups -OCH3 is 1. The predicted octanol–water partition coefficient (Wildman–Crippen LogP) is 1.48. The topological polar surface area (TPSA) is 76.1 Å². The molecule has 0 spiro atoms. The number of aliphatic hydroxyl groups excluding tert-OH is 1. The second kappa shape index (κ2) is 10.4. The number of carbonyl (C=O) groups is 2. The monoisotopic (exact) mass is 321 g/mol. The Morgan fingerprint density at radius 1 is 1.22 bits per heavy atom. The van der Waals surface area contributed by atoms with Crippen LogP contribution < -0.4 is 4.74 Å². The molecule has 1 aromatic rings. The number of hydrogen-bond donors (Lipinski definition) is 1. The molecule has 0 radical (unpaired) electrons. The summed E-state index contributed by atoms with van der Waals surface area (Å²) >= 11 is 0. The predicted molar refractivity (Wildman–Crippen MR) is 86.9 cm³/mol. The van der Waals surface area contributed by atoms with Gasteiger partial charge in [0.15, 0.2) is 0 Å². The summed E-state index contributed by atoms with van der Waals surface area (Å²) in [4.78, 5) is 24.7. The minimum absolute atomic E-state index is 0.0964. The van der Waals surface area contributed by atoms with Crippen molar-refractivity contribution in [3.63, 3.8) is 0 Å². The van der Waals surface area contributed by atoms with Crippen LogP contribution in [0.3, 0.4) is 0 Å². The Kier molecular flexibility index (Phi) is 8.46. The highest BCUT2D eigenvalue weighted by molar-refractivity contribution is 5.92. The summed E-state index contributed by atoms with van der Waals surface area (Å²) in [7, 11) is 1.30. The fourth-order valence-corrected chi connectivity index (χ4v) is 1.90. The number of ether oxygens (including phenoxy) is 2. The van der Waals surface area contributed by atoms with Crippen LogP contribution in [0, 0.1) is 0 Å². The molecule has 0 saturated heterocycles. The van der Waals surface area contributed by atoms with Crippen molar-refractivity contribution < 1.29 is 24.2 Å². The Labute approximate surface area is 136 Å². The summed E-state index contributed by atoms with van der Waals surface area (Å²) in [6.45, 7) is 2.73. The average molecular weight is 321 g/mol. The second-order valence-corrected chi connectivity index (χ2v) is 4.71. The molecule has 0 aliphatic rings. The van der Waals surface area contributed by atoms with Crippen LogP contribution in [0.2, 0.25) is 0 Å². The fourth-order valence-electron chi connectivity index (χ4n) is 1.90. The zero-order valence-electron chi connectivity index (χ0n) is 13.5. The maximum absolute atomic E-state index is 12.1. The van der Waals surface area contributed by atoms with E-state index < -0.39 is 5.97 Å². The van der Waals surface area contributed by atoms with Crippen molar-refractivity contribution in [2.75, 3.05) is 33.4 Å². The Balaban J connectivity index is 2.63. The SMILES string of the molecule is CCOc1ccc(/C=C/C(=O)N(CCO)CCC(=O)OC)cc1. The number of benzene rings is 1. The number of rotatable bonds is 9. The van der Waals surface area contributed by atoms with E-state index in [-0.39, 0.29) is 32.0 Å². The van der Waals surface area contributed by atoms with Gasteiger partial charge in [-0.1, -0.05) is 12.1 Å². The van der Waals surface area contributed by atoms with E-state index in [4.69, 9.17) is 9.84 Å². The third-order valence-electron chi connectivity index (χ3n) is 3.10. The molecule has 0 fully saturated rings. The van der Waals surface area contributed by atoms with Gasteiger partial charge in [-0.2, -0.15) is 0 Å². The summed E-state index contributed by atoms with van der Waals surface area (Å²) < 4.78 is 9.90. The van der Waals surface area contributed by atoms with Gasteiger partial charge in [-0.25, -0.2) is 0 Å². The Hall–Kier alpha value is -2.34. The molecular weight excluding hydrogens is 298 g/mol. The van der Waals surface area contributed by atoms with Crippen molar-refractivity contribution >= 4 is 18.0 Å². The van der Waals surface area contributed by atoms with E-state index in [2.05, 4.69) is 4.74 Å². The van der Waals surface area contributed by atoms with Crippen molar-refractivity contribution in [3.8, 4) is 5.75 Å². The second-order valence-electron chi connectivity index (χ2n) is 4.71. The van der Waals surface area contributed by atoms with Gasteiger partial charge in [-0.05, 0) is 30.7 Å². The molecule has 0 aromatic heterocycles. The van der Waals surface area contributed by atoms with Crippen LogP contribution in [0.5, 0.6) is 5.75 Å². The first kappa shape index (κ1) is 18.7. The van der Waals surface area contributed by atoms with Crippen LogP contribution in [0.15, 0.2) is 30.3 Å². The quantitative estimate of drug-likeness (QED) is 0.551. The van der Waals surface area contributed by atoms with E-state index in [0.717, 1.165) is 11.3 Å². The highest BCUT2D eigenvalue weighted by Crippen LogP contribution is 2.13. The van der Waals surface area contributed by atoms with Crippen LogP contribution in [0.4, 0.5) is 0 Å². The highest BCUT2D eigenvalue weighted by Gasteiger charge is 2.12. The van der Waals surface area contributed by atoms with E-state index in [1.54, 1.807) is 6.08 Å². The van der Waals surface area contributed by atoms with Crippen molar-refractivity contribution in [3.05, 3.63) is 35.9 Å². The summed E-state index contributed by atoms with van der Waals surface area (Å²) in [5, 5.41) is 9.03. The van der Waals surface area contributed by atoms with Crippen molar-refractivity contribution in [1.82, 2.24) is 4.90 Å². The lowest BCUT2D eigenvalue weighted by Gasteiger charge is -2.19. The van der Waals surface area contributed by atoms with Gasteiger partial charge < -0.3 is 19.5 Å². The first-order chi connectivity index (χ1) is 11.1. The van der Waals surface area contributed by atoms with Gasteiger partial charge in [0.05, 0.1) is 26.7 Å². The molecule has 6 nitrogen and oxygen atoms in total. The Bertz CT molecular complexity index is 524. The smallest absolute Gasteiger partial charge is 0.307 e. The van der Waals surface area contributed by atoms with Crippen LogP contribution >= 0.6 is 0 Å². The van der Waals surface area contributed by atoms with Gasteiger partial charge in [-0.15, -0.1) is 0 Å². The molecule has 0 saturated carbocycles. The van der Waals surface area contributed by atoms with Crippen LogP contribution in [0.25, 0.3) is 6.08 Å². The molecule has 0 aliphatic heterocycles. The number of carbonyl (C=O) groups excluding carboxylic acids is 2.